The molecule has 1 heterocycles. The number of halogens is 5. The summed E-state index contributed by atoms with van der Waals surface area (Å²) in [5, 5.41) is 15.8. The van der Waals surface area contributed by atoms with Crippen molar-refractivity contribution in [3.8, 4) is 0 Å². The number of allylic oxidation sites excluding steroid dienone is 1. The minimum atomic E-state index is -4.44. The summed E-state index contributed by atoms with van der Waals surface area (Å²) in [6, 6.07) is 9.45. The lowest BCUT2D eigenvalue weighted by Gasteiger charge is -2.26. The van der Waals surface area contributed by atoms with Gasteiger partial charge in [-0.15, -0.1) is 0 Å². The van der Waals surface area contributed by atoms with Crippen LogP contribution in [-0.4, -0.2) is 34.2 Å². The third-order valence-corrected chi connectivity index (χ3v) is 5.16. The van der Waals surface area contributed by atoms with E-state index in [4.69, 9.17) is 23.2 Å². The number of aliphatic carboxylic acids is 1. The summed E-state index contributed by atoms with van der Waals surface area (Å²) in [6.45, 7) is 1.80. The van der Waals surface area contributed by atoms with Gasteiger partial charge in [-0.1, -0.05) is 48.7 Å². The number of carboxylic acids is 1. The van der Waals surface area contributed by atoms with E-state index in [-0.39, 0.29) is 18.8 Å². The van der Waals surface area contributed by atoms with Crippen molar-refractivity contribution in [2.75, 3.05) is 6.67 Å². The zero-order valence-corrected chi connectivity index (χ0v) is 18.3. The molecule has 3 rings (SSSR count). The average molecular weight is 484 g/mol. The molecule has 2 aromatic carbocycles. The summed E-state index contributed by atoms with van der Waals surface area (Å²) >= 11 is 12.4. The van der Waals surface area contributed by atoms with Gasteiger partial charge in [-0.2, -0.15) is 18.3 Å². The lowest BCUT2D eigenvalue weighted by molar-refractivity contribution is -0.137. The first-order valence-electron chi connectivity index (χ1n) is 9.57. The number of benzene rings is 2. The van der Waals surface area contributed by atoms with Crippen LogP contribution < -0.4 is 0 Å². The molecule has 0 atom stereocenters. The van der Waals surface area contributed by atoms with Crippen molar-refractivity contribution < 1.29 is 23.1 Å². The van der Waals surface area contributed by atoms with Gasteiger partial charge < -0.3 is 5.11 Å². The highest BCUT2D eigenvalue weighted by Crippen LogP contribution is 2.33. The minimum Gasteiger partial charge on any atom is -0.477 e. The van der Waals surface area contributed by atoms with Gasteiger partial charge >= 0.3 is 12.1 Å². The number of nitrogens with zero attached hydrogens (tertiary/aromatic N) is 3. The van der Waals surface area contributed by atoms with Gasteiger partial charge in [0, 0.05) is 10.6 Å². The van der Waals surface area contributed by atoms with E-state index in [1.807, 2.05) is 6.92 Å². The van der Waals surface area contributed by atoms with Gasteiger partial charge in [0.25, 0.3) is 0 Å². The molecule has 1 aliphatic heterocycles. The normalized spacial score (nSPS) is 14.8. The Labute approximate surface area is 192 Å². The van der Waals surface area contributed by atoms with Crippen molar-refractivity contribution >= 4 is 46.3 Å². The van der Waals surface area contributed by atoms with Crippen LogP contribution in [0.5, 0.6) is 0 Å². The number of alkyl halides is 3. The van der Waals surface area contributed by atoms with Crippen molar-refractivity contribution in [1.82, 2.24) is 5.01 Å². The van der Waals surface area contributed by atoms with Crippen LogP contribution in [0, 0.1) is 0 Å². The number of carbonyl (C=O) groups is 1. The SMILES string of the molecule is CCC/C(=N\N1CN=C(c2ccc(C(F)(F)F)cc2)C=C1c1ccc(Cl)cc1Cl)C(=O)O. The summed E-state index contributed by atoms with van der Waals surface area (Å²) < 4.78 is 38.7. The molecule has 0 unspecified atom stereocenters. The van der Waals surface area contributed by atoms with E-state index in [2.05, 4.69) is 10.1 Å². The molecule has 0 radical (unpaired) electrons. The van der Waals surface area contributed by atoms with E-state index < -0.39 is 17.7 Å². The summed E-state index contributed by atoms with van der Waals surface area (Å²) in [5.74, 6) is -1.15. The molecule has 0 amide bonds. The number of hydrogen-bond donors (Lipinski definition) is 1. The molecule has 0 fully saturated rings. The Hall–Kier alpha value is -2.84. The van der Waals surface area contributed by atoms with E-state index in [9.17, 15) is 23.1 Å². The molecule has 0 spiro atoms. The van der Waals surface area contributed by atoms with Gasteiger partial charge in [-0.25, -0.2) is 9.80 Å². The monoisotopic (exact) mass is 483 g/mol. The van der Waals surface area contributed by atoms with Gasteiger partial charge in [0.15, 0.2) is 0 Å². The van der Waals surface area contributed by atoms with Crippen LogP contribution in [0.1, 0.15) is 36.5 Å². The predicted molar refractivity (Wildman–Crippen MR) is 119 cm³/mol. The highest BCUT2D eigenvalue weighted by atomic mass is 35.5. The van der Waals surface area contributed by atoms with Crippen LogP contribution in [0.2, 0.25) is 10.0 Å². The Morgan fingerprint density at radius 2 is 1.88 bits per heavy atom. The van der Waals surface area contributed by atoms with Crippen LogP contribution in [0.15, 0.2) is 58.6 Å². The fourth-order valence-electron chi connectivity index (χ4n) is 3.06. The van der Waals surface area contributed by atoms with Crippen molar-refractivity contribution in [2.24, 2.45) is 10.1 Å². The highest BCUT2D eigenvalue weighted by Gasteiger charge is 2.30. The average Bonchev–Trinajstić information content (AvgIpc) is 2.73. The van der Waals surface area contributed by atoms with Crippen molar-refractivity contribution in [2.45, 2.75) is 25.9 Å². The van der Waals surface area contributed by atoms with Crippen LogP contribution >= 0.6 is 23.2 Å². The molecule has 2 aromatic rings. The Kier molecular flexibility index (Phi) is 7.26. The van der Waals surface area contributed by atoms with Gasteiger partial charge in [-0.3, -0.25) is 4.99 Å². The molecular weight excluding hydrogens is 466 g/mol. The first-order valence-corrected chi connectivity index (χ1v) is 10.3. The van der Waals surface area contributed by atoms with E-state index in [0.29, 0.717) is 39.0 Å². The Morgan fingerprint density at radius 3 is 2.44 bits per heavy atom. The summed E-state index contributed by atoms with van der Waals surface area (Å²) in [4.78, 5) is 16.0. The Morgan fingerprint density at radius 1 is 1.19 bits per heavy atom. The van der Waals surface area contributed by atoms with Gasteiger partial charge in [-0.05, 0) is 48.4 Å². The molecule has 5 nitrogen and oxygen atoms in total. The number of aliphatic imine (C=N–C) groups is 1. The van der Waals surface area contributed by atoms with E-state index >= 15 is 0 Å². The van der Waals surface area contributed by atoms with Gasteiger partial charge in [0.05, 0.1) is 22.0 Å². The molecule has 0 saturated heterocycles. The van der Waals surface area contributed by atoms with Crippen LogP contribution in [0.3, 0.4) is 0 Å². The molecule has 32 heavy (non-hydrogen) atoms. The van der Waals surface area contributed by atoms with Crippen LogP contribution in [-0.2, 0) is 11.0 Å². The molecule has 1 aliphatic rings. The Balaban J connectivity index is 2.06. The maximum absolute atomic E-state index is 12.9. The third-order valence-electron chi connectivity index (χ3n) is 4.62. The van der Waals surface area contributed by atoms with Crippen LogP contribution in [0.25, 0.3) is 5.70 Å². The predicted octanol–water partition coefficient (Wildman–Crippen LogP) is 6.36. The number of hydrazone groups is 1. The molecule has 0 saturated carbocycles. The standard InChI is InChI=1S/C22H18Cl2F3N3O2/c1-2-3-18(21(31)32)29-30-12-28-19(13-4-6-14(7-5-13)22(25,26)27)11-20(30)16-9-8-15(23)10-17(16)24/h4-11H,2-3,12H2,1H3,(H,31,32)/b29-18+. The van der Waals surface area contributed by atoms with Crippen molar-refractivity contribution in [1.29, 1.82) is 0 Å². The van der Waals surface area contributed by atoms with E-state index in [0.717, 1.165) is 12.1 Å². The number of hydrogen-bond acceptors (Lipinski definition) is 4. The minimum absolute atomic E-state index is 0.0400. The third kappa shape index (κ3) is 5.49. The molecule has 10 heteroatoms. The van der Waals surface area contributed by atoms with E-state index in [1.165, 1.54) is 23.2 Å². The molecule has 0 aliphatic carbocycles. The summed E-state index contributed by atoms with van der Waals surface area (Å²) in [5.41, 5.74) is 1.05. The molecule has 1 N–H and O–H groups in total. The fraction of sp³-hybridized carbons (Fsp3) is 0.227. The van der Waals surface area contributed by atoms with Gasteiger partial charge in [0.2, 0.25) is 0 Å². The fourth-order valence-corrected chi connectivity index (χ4v) is 3.56. The first kappa shape index (κ1) is 23.8. The lowest BCUT2D eigenvalue weighted by atomic mass is 10.0. The second-order valence-corrected chi connectivity index (χ2v) is 7.76. The zero-order valence-electron chi connectivity index (χ0n) is 16.8. The Bertz CT molecular complexity index is 1110. The quantitative estimate of drug-likeness (QED) is 0.486. The van der Waals surface area contributed by atoms with Crippen molar-refractivity contribution in [3.05, 3.63) is 75.3 Å². The number of rotatable bonds is 6. The smallest absolute Gasteiger partial charge is 0.416 e. The first-order chi connectivity index (χ1) is 15.1. The van der Waals surface area contributed by atoms with Crippen molar-refractivity contribution in [3.63, 3.8) is 0 Å². The second-order valence-electron chi connectivity index (χ2n) is 6.92. The maximum atomic E-state index is 12.9. The van der Waals surface area contributed by atoms with Gasteiger partial charge in [0.1, 0.15) is 12.4 Å². The largest absolute Gasteiger partial charge is 0.477 e. The molecule has 0 aromatic heterocycles. The lowest BCUT2D eigenvalue weighted by Crippen LogP contribution is -2.26. The summed E-state index contributed by atoms with van der Waals surface area (Å²) in [6.07, 6.45) is -2.00. The topological polar surface area (TPSA) is 65.3 Å². The highest BCUT2D eigenvalue weighted by molar-refractivity contribution is 6.36. The van der Waals surface area contributed by atoms with Crippen LogP contribution in [0.4, 0.5) is 13.2 Å². The molecule has 0 bridgehead atoms. The zero-order chi connectivity index (χ0) is 23.5. The maximum Gasteiger partial charge on any atom is 0.416 e. The van der Waals surface area contributed by atoms with E-state index in [1.54, 1.807) is 18.2 Å². The number of carboxylic acid groups (broad SMARTS) is 1. The molecule has 168 valence electrons. The second kappa shape index (κ2) is 9.75. The summed E-state index contributed by atoms with van der Waals surface area (Å²) in [7, 11) is 0. The molecular formula is C22H18Cl2F3N3O2.